The number of aromatic nitrogens is 1. The van der Waals surface area contributed by atoms with Gasteiger partial charge in [0.15, 0.2) is 5.96 Å². The van der Waals surface area contributed by atoms with E-state index in [1.165, 1.54) is 31.2 Å². The molecule has 4 nitrogen and oxygen atoms in total. The molecular formula is C20H26ClIN4. The maximum absolute atomic E-state index is 6.23. The van der Waals surface area contributed by atoms with Crippen molar-refractivity contribution in [3.05, 3.63) is 64.9 Å². The van der Waals surface area contributed by atoms with Crippen LogP contribution in [0.3, 0.4) is 0 Å². The number of benzene rings is 1. The van der Waals surface area contributed by atoms with E-state index in [1.54, 1.807) is 13.2 Å². The van der Waals surface area contributed by atoms with Crippen molar-refractivity contribution in [1.82, 2.24) is 15.6 Å². The van der Waals surface area contributed by atoms with Crippen LogP contribution < -0.4 is 10.6 Å². The van der Waals surface area contributed by atoms with E-state index in [4.69, 9.17) is 11.6 Å². The molecule has 0 saturated heterocycles. The third-order valence-corrected chi connectivity index (χ3v) is 5.21. The van der Waals surface area contributed by atoms with Crippen molar-refractivity contribution in [2.75, 3.05) is 13.6 Å². The zero-order valence-corrected chi connectivity index (χ0v) is 18.1. The molecule has 2 N–H and O–H groups in total. The maximum atomic E-state index is 6.23. The Morgan fingerprint density at radius 1 is 1.15 bits per heavy atom. The number of rotatable bonds is 5. The molecule has 0 spiro atoms. The molecule has 1 aromatic heterocycles. The Hall–Kier alpha value is -1.34. The molecule has 1 aliphatic carbocycles. The van der Waals surface area contributed by atoms with Crippen LogP contribution in [-0.2, 0) is 12.0 Å². The van der Waals surface area contributed by atoms with E-state index in [2.05, 4.69) is 32.7 Å². The second-order valence-corrected chi connectivity index (χ2v) is 7.03. The number of nitrogens with one attached hydrogen (secondary N) is 2. The lowest BCUT2D eigenvalue weighted by atomic mass is 9.79. The second kappa shape index (κ2) is 10.1. The lowest BCUT2D eigenvalue weighted by Gasteiger charge is -2.31. The number of nitrogens with zero attached hydrogens (tertiary/aromatic N) is 2. The molecule has 1 heterocycles. The van der Waals surface area contributed by atoms with E-state index in [-0.39, 0.29) is 29.4 Å². The molecule has 0 bridgehead atoms. The number of aliphatic imine (C=N–C) groups is 1. The zero-order chi connectivity index (χ0) is 17.5. The zero-order valence-electron chi connectivity index (χ0n) is 15.0. The Kier molecular flexibility index (Phi) is 8.15. The van der Waals surface area contributed by atoms with E-state index >= 15 is 0 Å². The first-order valence-corrected chi connectivity index (χ1v) is 9.20. The minimum Gasteiger partial charge on any atom is -0.356 e. The van der Waals surface area contributed by atoms with Gasteiger partial charge in [0, 0.05) is 30.2 Å². The Labute approximate surface area is 177 Å². The average Bonchev–Trinajstić information content (AvgIpc) is 3.13. The van der Waals surface area contributed by atoms with Gasteiger partial charge in [0.1, 0.15) is 0 Å². The molecule has 1 aromatic carbocycles. The molecule has 6 heteroatoms. The molecule has 1 aliphatic rings. The van der Waals surface area contributed by atoms with Crippen molar-refractivity contribution in [2.24, 2.45) is 4.99 Å². The van der Waals surface area contributed by atoms with Crippen LogP contribution in [0.5, 0.6) is 0 Å². The van der Waals surface area contributed by atoms with E-state index in [1.807, 2.05) is 30.3 Å². The third-order valence-electron chi connectivity index (χ3n) is 4.98. The highest BCUT2D eigenvalue weighted by Gasteiger charge is 2.35. The lowest BCUT2D eigenvalue weighted by Crippen LogP contribution is -2.44. The summed E-state index contributed by atoms with van der Waals surface area (Å²) in [7, 11) is 1.80. The van der Waals surface area contributed by atoms with Gasteiger partial charge in [-0.3, -0.25) is 9.98 Å². The number of pyridine rings is 1. The van der Waals surface area contributed by atoms with Crippen LogP contribution in [0.1, 0.15) is 36.9 Å². The largest absolute Gasteiger partial charge is 0.356 e. The Bertz CT molecular complexity index is 715. The monoisotopic (exact) mass is 484 g/mol. The van der Waals surface area contributed by atoms with Crippen LogP contribution in [0.25, 0.3) is 0 Å². The van der Waals surface area contributed by atoms with Crippen LogP contribution in [-0.4, -0.2) is 24.5 Å². The first kappa shape index (κ1) is 21.0. The molecule has 26 heavy (non-hydrogen) atoms. The number of guanidine groups is 1. The molecule has 1 saturated carbocycles. The van der Waals surface area contributed by atoms with Crippen LogP contribution >= 0.6 is 35.6 Å². The molecule has 0 radical (unpaired) electrons. The van der Waals surface area contributed by atoms with E-state index < -0.39 is 0 Å². The fourth-order valence-corrected chi connectivity index (χ4v) is 3.78. The highest BCUT2D eigenvalue weighted by molar-refractivity contribution is 14.0. The molecule has 1 fully saturated rings. The molecule has 0 atom stereocenters. The third kappa shape index (κ3) is 5.33. The van der Waals surface area contributed by atoms with Crippen molar-refractivity contribution < 1.29 is 0 Å². The van der Waals surface area contributed by atoms with Crippen molar-refractivity contribution >= 4 is 41.5 Å². The molecular weight excluding hydrogens is 459 g/mol. The molecule has 0 amide bonds. The second-order valence-electron chi connectivity index (χ2n) is 6.60. The molecule has 0 aliphatic heterocycles. The van der Waals surface area contributed by atoms with Gasteiger partial charge in [-0.25, -0.2) is 0 Å². The summed E-state index contributed by atoms with van der Waals surface area (Å²) >= 11 is 6.23. The smallest absolute Gasteiger partial charge is 0.191 e. The van der Waals surface area contributed by atoms with Gasteiger partial charge in [-0.2, -0.15) is 0 Å². The minimum atomic E-state index is 0. The van der Waals surface area contributed by atoms with Crippen molar-refractivity contribution in [1.29, 1.82) is 0 Å². The van der Waals surface area contributed by atoms with Gasteiger partial charge < -0.3 is 10.6 Å². The summed E-state index contributed by atoms with van der Waals surface area (Å²) in [6, 6.07) is 14.2. The maximum Gasteiger partial charge on any atom is 0.191 e. The fraction of sp³-hybridized carbons (Fsp3) is 0.400. The summed E-state index contributed by atoms with van der Waals surface area (Å²) in [5, 5.41) is 7.66. The predicted octanol–water partition coefficient (Wildman–Crippen LogP) is 4.53. The highest BCUT2D eigenvalue weighted by atomic mass is 127. The first-order valence-electron chi connectivity index (χ1n) is 8.82. The molecule has 0 unspecified atom stereocenters. The first-order chi connectivity index (χ1) is 12.2. The van der Waals surface area contributed by atoms with Gasteiger partial charge in [-0.1, -0.05) is 42.6 Å². The Balaban J connectivity index is 0.00000243. The van der Waals surface area contributed by atoms with Gasteiger partial charge in [0.05, 0.1) is 12.2 Å². The van der Waals surface area contributed by atoms with Crippen molar-refractivity contribution in [3.8, 4) is 0 Å². The predicted molar refractivity (Wildman–Crippen MR) is 119 cm³/mol. The molecule has 2 aromatic rings. The van der Waals surface area contributed by atoms with E-state index in [9.17, 15) is 0 Å². The number of halogens is 2. The van der Waals surface area contributed by atoms with Crippen molar-refractivity contribution in [3.63, 3.8) is 0 Å². The van der Waals surface area contributed by atoms with Crippen LogP contribution in [0, 0.1) is 0 Å². The van der Waals surface area contributed by atoms with Crippen LogP contribution in [0.15, 0.2) is 53.7 Å². The summed E-state index contributed by atoms with van der Waals surface area (Å²) in [6.45, 7) is 1.51. The van der Waals surface area contributed by atoms with Crippen molar-refractivity contribution in [2.45, 2.75) is 37.6 Å². The standard InChI is InChI=1S/C20H25ClN4.HI/c1-22-19(24-14-18-9-2-5-12-23-18)25-15-20(10-3-4-11-20)16-7-6-8-17(21)13-16;/h2,5-9,12-13H,3-4,10-11,14-15H2,1H3,(H2,22,24,25);1H. The van der Waals surface area contributed by atoms with Gasteiger partial charge in [-0.05, 0) is 42.7 Å². The summed E-state index contributed by atoms with van der Waals surface area (Å²) in [5.74, 6) is 0.805. The average molecular weight is 485 g/mol. The van der Waals surface area contributed by atoms with Gasteiger partial charge >= 0.3 is 0 Å². The topological polar surface area (TPSA) is 49.3 Å². The lowest BCUT2D eigenvalue weighted by molar-refractivity contribution is 0.431. The summed E-state index contributed by atoms with van der Waals surface area (Å²) in [5.41, 5.74) is 2.45. The van der Waals surface area contributed by atoms with Crippen LogP contribution in [0.2, 0.25) is 5.02 Å². The summed E-state index contributed by atoms with van der Waals surface area (Å²) < 4.78 is 0. The highest BCUT2D eigenvalue weighted by Crippen LogP contribution is 2.41. The normalized spacial score (nSPS) is 16.0. The summed E-state index contributed by atoms with van der Waals surface area (Å²) in [6.07, 6.45) is 6.68. The Morgan fingerprint density at radius 2 is 1.96 bits per heavy atom. The van der Waals surface area contributed by atoms with Gasteiger partial charge in [0.25, 0.3) is 0 Å². The fourth-order valence-electron chi connectivity index (χ4n) is 3.59. The van der Waals surface area contributed by atoms with E-state index in [0.717, 1.165) is 23.2 Å². The SMILES string of the molecule is CN=C(NCc1ccccn1)NCC1(c2cccc(Cl)c2)CCCC1.I. The summed E-state index contributed by atoms with van der Waals surface area (Å²) in [4.78, 5) is 8.68. The van der Waals surface area contributed by atoms with Gasteiger partial charge in [-0.15, -0.1) is 24.0 Å². The Morgan fingerprint density at radius 3 is 2.62 bits per heavy atom. The molecule has 140 valence electrons. The quantitative estimate of drug-likeness (QED) is 0.372. The molecule has 3 rings (SSSR count). The van der Waals surface area contributed by atoms with E-state index in [0.29, 0.717) is 6.54 Å². The van der Waals surface area contributed by atoms with Crippen LogP contribution in [0.4, 0.5) is 0 Å². The number of hydrogen-bond acceptors (Lipinski definition) is 2. The number of hydrogen-bond donors (Lipinski definition) is 2. The van der Waals surface area contributed by atoms with Gasteiger partial charge in [0.2, 0.25) is 0 Å². The minimum absolute atomic E-state index is 0.